The third-order valence-corrected chi connectivity index (χ3v) is 3.95. The van der Waals surface area contributed by atoms with Gasteiger partial charge in [0.05, 0.1) is 10.6 Å². The van der Waals surface area contributed by atoms with Crippen molar-refractivity contribution >= 4 is 17.5 Å². The summed E-state index contributed by atoms with van der Waals surface area (Å²) < 4.78 is 0. The van der Waals surface area contributed by atoms with Gasteiger partial charge in [-0.3, -0.25) is 10.2 Å². The van der Waals surface area contributed by atoms with Crippen molar-refractivity contribution in [2.45, 2.75) is 45.2 Å². The van der Waals surface area contributed by atoms with E-state index in [0.29, 0.717) is 22.7 Å². The van der Waals surface area contributed by atoms with Crippen LogP contribution in [-0.2, 0) is 0 Å². The second-order valence-corrected chi connectivity index (χ2v) is 5.55. The molecule has 0 bridgehead atoms. The van der Waals surface area contributed by atoms with Gasteiger partial charge in [-0.2, -0.15) is 0 Å². The topological polar surface area (TPSA) is 52.6 Å². The number of piperidine rings is 1. The normalized spacial score (nSPS) is 24.2. The summed E-state index contributed by atoms with van der Waals surface area (Å²) in [6.07, 6.45) is 3.32. The minimum atomic E-state index is -0.276. The van der Waals surface area contributed by atoms with E-state index in [0.717, 1.165) is 12.8 Å². The molecule has 2 N–H and O–H groups in total. The predicted octanol–water partition coefficient (Wildman–Crippen LogP) is 2.95. The molecule has 0 aliphatic carbocycles. The zero-order chi connectivity index (χ0) is 14.0. The Hall–Kier alpha value is -1.26. The average Bonchev–Trinajstić information content (AvgIpc) is 2.37. The van der Waals surface area contributed by atoms with Gasteiger partial charge in [-0.05, 0) is 44.9 Å². The van der Waals surface area contributed by atoms with Crippen LogP contribution in [0.5, 0.6) is 5.75 Å². The van der Waals surface area contributed by atoms with Crippen molar-refractivity contribution in [1.82, 2.24) is 10.4 Å². The summed E-state index contributed by atoms with van der Waals surface area (Å²) in [5, 5.41) is 11.8. The number of halogens is 1. The quantitative estimate of drug-likeness (QED) is 0.877. The first kappa shape index (κ1) is 14.2. The molecule has 0 spiro atoms. The number of carbonyl (C=O) groups is 1. The van der Waals surface area contributed by atoms with Gasteiger partial charge in [-0.15, -0.1) is 0 Å². The fraction of sp³-hybridized carbons (Fsp3) is 0.500. The third-order valence-electron chi connectivity index (χ3n) is 3.62. The number of rotatable bonds is 2. The highest BCUT2D eigenvalue weighted by atomic mass is 35.5. The average molecular weight is 283 g/mol. The van der Waals surface area contributed by atoms with E-state index >= 15 is 0 Å². The zero-order valence-corrected chi connectivity index (χ0v) is 11.9. The van der Waals surface area contributed by atoms with Crippen LogP contribution in [0.25, 0.3) is 0 Å². The lowest BCUT2D eigenvalue weighted by molar-refractivity contribution is 0.0369. The molecule has 1 heterocycles. The number of carbonyl (C=O) groups excluding carboxylic acids is 1. The Balaban J connectivity index is 2.14. The van der Waals surface area contributed by atoms with E-state index in [2.05, 4.69) is 19.3 Å². The zero-order valence-electron chi connectivity index (χ0n) is 11.2. The maximum absolute atomic E-state index is 12.2. The SMILES string of the molecule is CC1CCCC(C)N1NC(=O)c1cc(O)ccc1Cl. The number of hydrogen-bond donors (Lipinski definition) is 2. The number of phenols is 1. The molecule has 104 valence electrons. The van der Waals surface area contributed by atoms with Gasteiger partial charge in [0.25, 0.3) is 5.91 Å². The van der Waals surface area contributed by atoms with E-state index in [4.69, 9.17) is 11.6 Å². The van der Waals surface area contributed by atoms with Gasteiger partial charge in [0, 0.05) is 12.1 Å². The van der Waals surface area contributed by atoms with Crippen LogP contribution in [0.15, 0.2) is 18.2 Å². The number of amides is 1. The molecule has 1 aromatic carbocycles. The van der Waals surface area contributed by atoms with Crippen LogP contribution in [0.4, 0.5) is 0 Å². The molecule has 2 atom stereocenters. The number of benzene rings is 1. The molecule has 1 aliphatic heterocycles. The van der Waals surface area contributed by atoms with Crippen molar-refractivity contribution in [3.05, 3.63) is 28.8 Å². The molecule has 1 aliphatic rings. The summed E-state index contributed by atoms with van der Waals surface area (Å²) in [6, 6.07) is 4.99. The molecule has 0 aromatic heterocycles. The van der Waals surface area contributed by atoms with Gasteiger partial charge < -0.3 is 5.11 Å². The molecule has 5 heteroatoms. The van der Waals surface area contributed by atoms with Crippen molar-refractivity contribution < 1.29 is 9.90 Å². The van der Waals surface area contributed by atoms with Crippen molar-refractivity contribution in [2.24, 2.45) is 0 Å². The highest BCUT2D eigenvalue weighted by molar-refractivity contribution is 6.33. The Morgan fingerprint density at radius 1 is 1.37 bits per heavy atom. The fourth-order valence-corrected chi connectivity index (χ4v) is 2.71. The van der Waals surface area contributed by atoms with Gasteiger partial charge in [0.15, 0.2) is 0 Å². The maximum Gasteiger partial charge on any atom is 0.267 e. The molecule has 1 aromatic rings. The van der Waals surface area contributed by atoms with E-state index < -0.39 is 0 Å². The van der Waals surface area contributed by atoms with Crippen molar-refractivity contribution in [2.75, 3.05) is 0 Å². The number of hydrogen-bond acceptors (Lipinski definition) is 3. The molecule has 0 radical (unpaired) electrons. The smallest absolute Gasteiger partial charge is 0.267 e. The number of nitrogens with one attached hydrogen (secondary N) is 1. The molecule has 0 saturated carbocycles. The molecule has 2 rings (SSSR count). The fourth-order valence-electron chi connectivity index (χ4n) is 2.51. The highest BCUT2D eigenvalue weighted by Crippen LogP contribution is 2.23. The van der Waals surface area contributed by atoms with Gasteiger partial charge in [-0.1, -0.05) is 18.0 Å². The molecule has 2 unspecified atom stereocenters. The van der Waals surface area contributed by atoms with Gasteiger partial charge >= 0.3 is 0 Å². The summed E-state index contributed by atoms with van der Waals surface area (Å²) in [6.45, 7) is 4.19. The highest BCUT2D eigenvalue weighted by Gasteiger charge is 2.26. The van der Waals surface area contributed by atoms with Crippen LogP contribution in [0.3, 0.4) is 0 Å². The number of phenolic OH excluding ortho intramolecular Hbond substituents is 1. The maximum atomic E-state index is 12.2. The van der Waals surface area contributed by atoms with Crippen LogP contribution in [0.2, 0.25) is 5.02 Å². The van der Waals surface area contributed by atoms with Crippen LogP contribution >= 0.6 is 11.6 Å². The Kier molecular flexibility index (Phi) is 4.32. The van der Waals surface area contributed by atoms with Crippen LogP contribution < -0.4 is 5.43 Å². The minimum Gasteiger partial charge on any atom is -0.508 e. The first-order valence-electron chi connectivity index (χ1n) is 6.57. The molecule has 19 heavy (non-hydrogen) atoms. The van der Waals surface area contributed by atoms with Gasteiger partial charge in [-0.25, -0.2) is 5.01 Å². The molecule has 1 fully saturated rings. The summed E-state index contributed by atoms with van der Waals surface area (Å²) in [4.78, 5) is 12.2. The van der Waals surface area contributed by atoms with Crippen LogP contribution in [0, 0.1) is 0 Å². The van der Waals surface area contributed by atoms with Gasteiger partial charge in [0.1, 0.15) is 5.75 Å². The summed E-state index contributed by atoms with van der Waals surface area (Å²) in [7, 11) is 0. The van der Waals surface area contributed by atoms with Crippen LogP contribution in [0.1, 0.15) is 43.5 Å². The Morgan fingerprint density at radius 3 is 2.63 bits per heavy atom. The van der Waals surface area contributed by atoms with E-state index in [9.17, 15) is 9.90 Å². The van der Waals surface area contributed by atoms with Crippen LogP contribution in [-0.4, -0.2) is 28.1 Å². The minimum absolute atomic E-state index is 0.0364. The molecule has 4 nitrogen and oxygen atoms in total. The van der Waals surface area contributed by atoms with E-state index in [1.54, 1.807) is 0 Å². The van der Waals surface area contributed by atoms with Crippen molar-refractivity contribution in [1.29, 1.82) is 0 Å². The van der Waals surface area contributed by atoms with Crippen molar-refractivity contribution in [3.8, 4) is 5.75 Å². The summed E-state index contributed by atoms with van der Waals surface area (Å²) >= 11 is 5.99. The lowest BCUT2D eigenvalue weighted by Crippen LogP contribution is -2.54. The predicted molar refractivity (Wildman–Crippen MR) is 75.2 cm³/mol. The molecular formula is C14H19ClN2O2. The number of hydrazine groups is 1. The molecular weight excluding hydrogens is 264 g/mol. The third kappa shape index (κ3) is 3.19. The molecule has 1 saturated heterocycles. The summed E-state index contributed by atoms with van der Waals surface area (Å²) in [5.74, 6) is -0.240. The largest absolute Gasteiger partial charge is 0.508 e. The van der Waals surface area contributed by atoms with Crippen molar-refractivity contribution in [3.63, 3.8) is 0 Å². The monoisotopic (exact) mass is 282 g/mol. The van der Waals surface area contributed by atoms with E-state index in [1.165, 1.54) is 24.6 Å². The standard InChI is InChI=1S/C14H19ClN2O2/c1-9-4-3-5-10(2)17(9)16-14(19)12-8-11(18)6-7-13(12)15/h6-10,18H,3-5H2,1-2H3,(H,16,19). The Bertz CT molecular complexity index is 469. The number of aromatic hydroxyl groups is 1. The summed E-state index contributed by atoms with van der Waals surface area (Å²) in [5.41, 5.74) is 3.20. The molecule has 1 amide bonds. The Labute approximate surface area is 118 Å². The first-order chi connectivity index (χ1) is 8.99. The Morgan fingerprint density at radius 2 is 2.00 bits per heavy atom. The second kappa shape index (κ2) is 5.80. The lowest BCUT2D eigenvalue weighted by atomic mass is 10.00. The van der Waals surface area contributed by atoms with Gasteiger partial charge in [0.2, 0.25) is 0 Å². The first-order valence-corrected chi connectivity index (χ1v) is 6.94. The van der Waals surface area contributed by atoms with E-state index in [-0.39, 0.29) is 11.7 Å². The second-order valence-electron chi connectivity index (χ2n) is 5.14. The number of nitrogens with zero attached hydrogens (tertiary/aromatic N) is 1. The van der Waals surface area contributed by atoms with E-state index in [1.807, 2.05) is 5.01 Å². The lowest BCUT2D eigenvalue weighted by Gasteiger charge is -2.38.